The Hall–Kier alpha value is -1.23. The van der Waals surface area contributed by atoms with Gasteiger partial charge in [0.25, 0.3) is 0 Å². The zero-order valence-corrected chi connectivity index (χ0v) is 8.93. The summed E-state index contributed by atoms with van der Waals surface area (Å²) in [6, 6.07) is 5.29. The first-order valence-electron chi connectivity index (χ1n) is 4.28. The van der Waals surface area contributed by atoms with Crippen molar-refractivity contribution in [3.63, 3.8) is 0 Å². The largest absolute Gasteiger partial charge is 0.383 e. The highest BCUT2D eigenvalue weighted by molar-refractivity contribution is 7.99. The van der Waals surface area contributed by atoms with Crippen LogP contribution >= 0.6 is 11.8 Å². The molecule has 0 aromatic heterocycles. The molecule has 5 heteroatoms. The van der Waals surface area contributed by atoms with Crippen molar-refractivity contribution in [2.24, 2.45) is 0 Å². The molecule has 0 aliphatic rings. The van der Waals surface area contributed by atoms with Crippen LogP contribution in [0.4, 0.5) is 11.4 Å². The SMILES string of the molecule is CCSc1cccc(NC)c1[N+](=O)[O-]. The number of nitrogens with zero attached hydrogens (tertiary/aromatic N) is 1. The lowest BCUT2D eigenvalue weighted by molar-refractivity contribution is -0.386. The van der Waals surface area contributed by atoms with Crippen LogP contribution in [0.5, 0.6) is 0 Å². The van der Waals surface area contributed by atoms with Crippen LogP contribution in [0.3, 0.4) is 0 Å². The highest BCUT2D eigenvalue weighted by atomic mass is 32.2. The molecular formula is C9H12N2O2S. The Labute approximate surface area is 86.9 Å². The summed E-state index contributed by atoms with van der Waals surface area (Å²) in [5.74, 6) is 0.827. The van der Waals surface area contributed by atoms with Gasteiger partial charge in [-0.1, -0.05) is 13.0 Å². The Morgan fingerprint density at radius 1 is 1.57 bits per heavy atom. The molecule has 0 aliphatic carbocycles. The Balaban J connectivity index is 3.20. The first-order valence-corrected chi connectivity index (χ1v) is 5.27. The predicted octanol–water partition coefficient (Wildman–Crippen LogP) is 2.75. The molecular weight excluding hydrogens is 200 g/mol. The molecule has 0 aliphatic heterocycles. The van der Waals surface area contributed by atoms with Crippen LogP contribution in [-0.2, 0) is 0 Å². The topological polar surface area (TPSA) is 55.2 Å². The number of para-hydroxylation sites is 1. The summed E-state index contributed by atoms with van der Waals surface area (Å²) < 4.78 is 0. The maximum Gasteiger partial charge on any atom is 0.305 e. The summed E-state index contributed by atoms with van der Waals surface area (Å²) in [4.78, 5) is 11.2. The Kier molecular flexibility index (Phi) is 3.76. The van der Waals surface area contributed by atoms with Gasteiger partial charge in [0.15, 0.2) is 0 Å². The third-order valence-corrected chi connectivity index (χ3v) is 2.68. The van der Waals surface area contributed by atoms with Crippen LogP contribution in [0.2, 0.25) is 0 Å². The van der Waals surface area contributed by atoms with Gasteiger partial charge in [0, 0.05) is 7.05 Å². The number of nitrogens with one attached hydrogen (secondary N) is 1. The molecule has 0 saturated carbocycles. The van der Waals surface area contributed by atoms with Gasteiger partial charge in [-0.05, 0) is 17.9 Å². The van der Waals surface area contributed by atoms with Crippen molar-refractivity contribution in [2.45, 2.75) is 11.8 Å². The highest BCUT2D eigenvalue weighted by Crippen LogP contribution is 2.34. The lowest BCUT2D eigenvalue weighted by Gasteiger charge is -2.05. The average molecular weight is 212 g/mol. The standard InChI is InChI=1S/C9H12N2O2S/c1-3-14-8-6-4-5-7(10-2)9(8)11(12)13/h4-6,10H,3H2,1-2H3. The lowest BCUT2D eigenvalue weighted by atomic mass is 10.3. The van der Waals surface area contributed by atoms with Crippen molar-refractivity contribution >= 4 is 23.1 Å². The molecule has 76 valence electrons. The van der Waals surface area contributed by atoms with E-state index in [9.17, 15) is 10.1 Å². The van der Waals surface area contributed by atoms with Crippen molar-refractivity contribution in [3.8, 4) is 0 Å². The fourth-order valence-corrected chi connectivity index (χ4v) is 1.99. The van der Waals surface area contributed by atoms with Gasteiger partial charge < -0.3 is 5.32 Å². The van der Waals surface area contributed by atoms with E-state index in [2.05, 4.69) is 5.32 Å². The van der Waals surface area contributed by atoms with Crippen LogP contribution in [-0.4, -0.2) is 17.7 Å². The van der Waals surface area contributed by atoms with Gasteiger partial charge in [0.1, 0.15) is 5.69 Å². The fraction of sp³-hybridized carbons (Fsp3) is 0.333. The predicted molar refractivity (Wildman–Crippen MR) is 59.0 cm³/mol. The molecule has 0 spiro atoms. The van der Waals surface area contributed by atoms with E-state index in [1.54, 1.807) is 19.2 Å². The molecule has 0 atom stereocenters. The molecule has 1 rings (SSSR count). The number of nitro groups is 1. The molecule has 1 N–H and O–H groups in total. The third-order valence-electron chi connectivity index (χ3n) is 1.75. The summed E-state index contributed by atoms with van der Waals surface area (Å²) in [5.41, 5.74) is 0.732. The average Bonchev–Trinajstić information content (AvgIpc) is 2.17. The number of hydrogen-bond donors (Lipinski definition) is 1. The Bertz CT molecular complexity index is 342. The number of nitro benzene ring substituents is 1. The number of benzene rings is 1. The third kappa shape index (κ3) is 2.17. The van der Waals surface area contributed by atoms with Crippen LogP contribution < -0.4 is 5.32 Å². The van der Waals surface area contributed by atoms with Crippen molar-refractivity contribution in [1.82, 2.24) is 0 Å². The van der Waals surface area contributed by atoms with Crippen LogP contribution in [0, 0.1) is 10.1 Å². The summed E-state index contributed by atoms with van der Waals surface area (Å²) in [6.07, 6.45) is 0. The Morgan fingerprint density at radius 2 is 2.29 bits per heavy atom. The van der Waals surface area contributed by atoms with Gasteiger partial charge in [-0.15, -0.1) is 11.8 Å². The minimum Gasteiger partial charge on any atom is -0.383 e. The number of rotatable bonds is 4. The molecule has 0 unspecified atom stereocenters. The van der Waals surface area contributed by atoms with E-state index < -0.39 is 0 Å². The van der Waals surface area contributed by atoms with Gasteiger partial charge in [0.05, 0.1) is 9.82 Å². The van der Waals surface area contributed by atoms with Gasteiger partial charge in [-0.3, -0.25) is 10.1 Å². The molecule has 4 nitrogen and oxygen atoms in total. The molecule has 14 heavy (non-hydrogen) atoms. The van der Waals surface area contributed by atoms with E-state index in [1.165, 1.54) is 11.8 Å². The Morgan fingerprint density at radius 3 is 2.79 bits per heavy atom. The maximum atomic E-state index is 10.8. The normalized spacial score (nSPS) is 9.86. The monoisotopic (exact) mass is 212 g/mol. The van der Waals surface area contributed by atoms with Crippen molar-refractivity contribution in [2.75, 3.05) is 18.1 Å². The van der Waals surface area contributed by atoms with Crippen molar-refractivity contribution in [3.05, 3.63) is 28.3 Å². The molecule has 0 fully saturated rings. The zero-order valence-electron chi connectivity index (χ0n) is 8.11. The summed E-state index contributed by atoms with van der Waals surface area (Å²) in [6.45, 7) is 1.97. The second-order valence-corrected chi connectivity index (χ2v) is 3.90. The van der Waals surface area contributed by atoms with Gasteiger partial charge >= 0.3 is 5.69 Å². The van der Waals surface area contributed by atoms with E-state index >= 15 is 0 Å². The highest BCUT2D eigenvalue weighted by Gasteiger charge is 2.18. The number of thioether (sulfide) groups is 1. The summed E-state index contributed by atoms with van der Waals surface area (Å²) in [5, 5.41) is 13.6. The molecule has 1 aromatic rings. The van der Waals surface area contributed by atoms with Crippen LogP contribution in [0.15, 0.2) is 23.1 Å². The molecule has 0 heterocycles. The minimum absolute atomic E-state index is 0.168. The van der Waals surface area contributed by atoms with Crippen molar-refractivity contribution < 1.29 is 4.92 Å². The molecule has 0 saturated heterocycles. The quantitative estimate of drug-likeness (QED) is 0.473. The van der Waals surface area contributed by atoms with E-state index in [0.717, 1.165) is 5.75 Å². The van der Waals surface area contributed by atoms with Gasteiger partial charge in [0.2, 0.25) is 0 Å². The van der Waals surface area contributed by atoms with Crippen LogP contribution in [0.25, 0.3) is 0 Å². The van der Waals surface area contributed by atoms with E-state index in [-0.39, 0.29) is 10.6 Å². The second kappa shape index (κ2) is 4.85. The lowest BCUT2D eigenvalue weighted by Crippen LogP contribution is -1.98. The van der Waals surface area contributed by atoms with Crippen molar-refractivity contribution in [1.29, 1.82) is 0 Å². The first kappa shape index (κ1) is 10.8. The summed E-state index contributed by atoms with van der Waals surface area (Å²) in [7, 11) is 1.68. The molecule has 0 radical (unpaired) electrons. The van der Waals surface area contributed by atoms with Gasteiger partial charge in [-0.25, -0.2) is 0 Å². The van der Waals surface area contributed by atoms with E-state index in [0.29, 0.717) is 10.6 Å². The van der Waals surface area contributed by atoms with E-state index in [4.69, 9.17) is 0 Å². The molecule has 0 bridgehead atoms. The summed E-state index contributed by atoms with van der Waals surface area (Å²) >= 11 is 1.48. The smallest absolute Gasteiger partial charge is 0.305 e. The molecule has 0 amide bonds. The van der Waals surface area contributed by atoms with Gasteiger partial charge in [-0.2, -0.15) is 0 Å². The first-order chi connectivity index (χ1) is 6.70. The molecule has 1 aromatic carbocycles. The number of hydrogen-bond acceptors (Lipinski definition) is 4. The minimum atomic E-state index is -0.343. The maximum absolute atomic E-state index is 10.8. The number of anilines is 1. The zero-order chi connectivity index (χ0) is 10.6. The fourth-order valence-electron chi connectivity index (χ4n) is 1.18. The second-order valence-electron chi connectivity index (χ2n) is 2.59. The van der Waals surface area contributed by atoms with E-state index in [1.807, 2.05) is 13.0 Å². The van der Waals surface area contributed by atoms with Crippen LogP contribution in [0.1, 0.15) is 6.92 Å².